The molecule has 0 aliphatic carbocycles. The Morgan fingerprint density at radius 3 is 2.64 bits per heavy atom. The van der Waals surface area contributed by atoms with Gasteiger partial charge in [0.05, 0.1) is 6.54 Å². The van der Waals surface area contributed by atoms with Crippen molar-refractivity contribution in [1.29, 1.82) is 0 Å². The van der Waals surface area contributed by atoms with Crippen LogP contribution in [0, 0.1) is 0 Å². The molecule has 3 rings (SSSR count). The molecule has 2 heterocycles. The van der Waals surface area contributed by atoms with Crippen molar-refractivity contribution in [3.8, 4) is 0 Å². The lowest BCUT2D eigenvalue weighted by Gasteiger charge is -2.36. The average molecular weight is 429 g/mol. The lowest BCUT2D eigenvalue weighted by Crippen LogP contribution is -2.53. The summed E-state index contributed by atoms with van der Waals surface area (Å²) in [4.78, 5) is 29.1. The highest BCUT2D eigenvalue weighted by Gasteiger charge is 2.28. The van der Waals surface area contributed by atoms with Crippen LogP contribution in [0.1, 0.15) is 37.8 Å². The minimum Gasteiger partial charge on any atom is -0.343 e. The van der Waals surface area contributed by atoms with E-state index in [2.05, 4.69) is 15.5 Å². The van der Waals surface area contributed by atoms with E-state index in [9.17, 15) is 9.59 Å². The summed E-state index contributed by atoms with van der Waals surface area (Å²) in [5, 5.41) is 6.97. The van der Waals surface area contributed by atoms with Crippen LogP contribution in [0.5, 0.6) is 0 Å². The molecule has 1 aromatic carbocycles. The molecule has 2 N–H and O–H groups in total. The summed E-state index contributed by atoms with van der Waals surface area (Å²) in [7, 11) is 0. The van der Waals surface area contributed by atoms with E-state index >= 15 is 0 Å². The molecule has 2 unspecified atom stereocenters. The number of piperidine rings is 1. The van der Waals surface area contributed by atoms with Gasteiger partial charge in [-0.1, -0.05) is 29.8 Å². The smallest absolute Gasteiger partial charge is 0.244 e. The van der Waals surface area contributed by atoms with Crippen molar-refractivity contribution >= 4 is 35.8 Å². The third kappa shape index (κ3) is 5.83. The number of hydrogen-bond acceptors (Lipinski definition) is 4. The van der Waals surface area contributed by atoms with Crippen LogP contribution in [0.25, 0.3) is 0 Å². The number of nitrogens with zero attached hydrogens (tertiary/aromatic N) is 2. The number of rotatable bonds is 5. The lowest BCUT2D eigenvalue weighted by molar-refractivity contribution is -0.137. The fraction of sp³-hybridized carbons (Fsp3) is 0.600. The van der Waals surface area contributed by atoms with Crippen LogP contribution in [0.3, 0.4) is 0 Å². The van der Waals surface area contributed by atoms with E-state index in [1.807, 2.05) is 29.2 Å². The maximum Gasteiger partial charge on any atom is 0.244 e. The van der Waals surface area contributed by atoms with E-state index in [-0.39, 0.29) is 36.8 Å². The number of carbonyl (C=O) groups excluding carboxylic acids is 2. The van der Waals surface area contributed by atoms with Crippen LogP contribution < -0.4 is 10.6 Å². The van der Waals surface area contributed by atoms with Crippen LogP contribution in [0.2, 0.25) is 5.02 Å². The Bertz CT molecular complexity index is 667. The molecule has 2 saturated heterocycles. The Balaban J connectivity index is 0.00000280. The number of hydrogen-bond donors (Lipinski definition) is 2. The SMILES string of the molecule is CC(NC(=O)CN1CCNCC1c1ccccc1Cl)C(=O)N1CCCCC1.Cl. The molecule has 8 heteroatoms. The van der Waals surface area contributed by atoms with Crippen molar-refractivity contribution in [3.05, 3.63) is 34.9 Å². The van der Waals surface area contributed by atoms with Crippen LogP contribution in [-0.2, 0) is 9.59 Å². The van der Waals surface area contributed by atoms with Gasteiger partial charge in [-0.05, 0) is 37.8 Å². The number of nitrogens with one attached hydrogen (secondary N) is 2. The van der Waals surface area contributed by atoms with Crippen LogP contribution >= 0.6 is 24.0 Å². The first-order valence-electron chi connectivity index (χ1n) is 9.83. The second kappa shape index (κ2) is 11.0. The Morgan fingerprint density at radius 1 is 1.21 bits per heavy atom. The molecule has 2 fully saturated rings. The van der Waals surface area contributed by atoms with Crippen molar-refractivity contribution in [2.24, 2.45) is 0 Å². The zero-order valence-corrected chi connectivity index (χ0v) is 17.9. The second-order valence-electron chi connectivity index (χ2n) is 7.39. The first-order chi connectivity index (χ1) is 13.1. The minimum absolute atomic E-state index is 0. The number of carbonyl (C=O) groups is 2. The summed E-state index contributed by atoms with van der Waals surface area (Å²) < 4.78 is 0. The van der Waals surface area contributed by atoms with E-state index in [4.69, 9.17) is 11.6 Å². The molecule has 28 heavy (non-hydrogen) atoms. The fourth-order valence-electron chi connectivity index (χ4n) is 3.91. The molecule has 0 saturated carbocycles. The predicted octanol–water partition coefficient (Wildman–Crippen LogP) is 2.23. The van der Waals surface area contributed by atoms with Gasteiger partial charge in [-0.2, -0.15) is 0 Å². The molecule has 0 aromatic heterocycles. The largest absolute Gasteiger partial charge is 0.343 e. The Morgan fingerprint density at radius 2 is 1.93 bits per heavy atom. The van der Waals surface area contributed by atoms with Gasteiger partial charge in [0, 0.05) is 43.8 Å². The van der Waals surface area contributed by atoms with Gasteiger partial charge >= 0.3 is 0 Å². The monoisotopic (exact) mass is 428 g/mol. The van der Waals surface area contributed by atoms with E-state index in [0.717, 1.165) is 51.1 Å². The maximum atomic E-state index is 12.6. The molecule has 0 bridgehead atoms. The molecular weight excluding hydrogens is 399 g/mol. The van der Waals surface area contributed by atoms with Gasteiger partial charge in [0.2, 0.25) is 11.8 Å². The van der Waals surface area contributed by atoms with Gasteiger partial charge in [0.15, 0.2) is 0 Å². The van der Waals surface area contributed by atoms with E-state index in [0.29, 0.717) is 5.02 Å². The zero-order chi connectivity index (χ0) is 19.2. The molecule has 156 valence electrons. The third-order valence-electron chi connectivity index (χ3n) is 5.38. The number of benzene rings is 1. The molecule has 0 radical (unpaired) electrons. The second-order valence-corrected chi connectivity index (χ2v) is 7.79. The molecule has 2 amide bonds. The van der Waals surface area contributed by atoms with E-state index < -0.39 is 6.04 Å². The average Bonchev–Trinajstić information content (AvgIpc) is 2.69. The van der Waals surface area contributed by atoms with Crippen LogP contribution in [-0.4, -0.2) is 66.9 Å². The molecular formula is C20H30Cl2N4O2. The Hall–Kier alpha value is -1.34. The maximum absolute atomic E-state index is 12.6. The highest BCUT2D eigenvalue weighted by atomic mass is 35.5. The quantitative estimate of drug-likeness (QED) is 0.754. The highest BCUT2D eigenvalue weighted by molar-refractivity contribution is 6.31. The number of halogens is 2. The van der Waals surface area contributed by atoms with Gasteiger partial charge < -0.3 is 15.5 Å². The first-order valence-corrected chi connectivity index (χ1v) is 10.2. The highest BCUT2D eigenvalue weighted by Crippen LogP contribution is 2.28. The number of piperazine rings is 1. The number of amides is 2. The summed E-state index contributed by atoms with van der Waals surface area (Å²) in [5.74, 6) is -0.0992. The standard InChI is InChI=1S/C20H29ClN4O2.ClH/c1-15(20(27)24-10-5-2-6-11-24)23-19(26)14-25-12-9-22-13-18(25)16-7-3-4-8-17(16)21;/h3-4,7-8,15,18,22H,2,5-6,9-14H2,1H3,(H,23,26);1H. The van der Waals surface area contributed by atoms with Gasteiger partial charge in [0.25, 0.3) is 0 Å². The van der Waals surface area contributed by atoms with Crippen molar-refractivity contribution in [1.82, 2.24) is 20.4 Å². The summed E-state index contributed by atoms with van der Waals surface area (Å²) in [5.41, 5.74) is 1.02. The summed E-state index contributed by atoms with van der Waals surface area (Å²) in [6.45, 7) is 5.97. The Kier molecular flexibility index (Phi) is 9.02. The molecule has 2 aliphatic heterocycles. The lowest BCUT2D eigenvalue weighted by atomic mass is 10.0. The third-order valence-corrected chi connectivity index (χ3v) is 5.73. The molecule has 1 aromatic rings. The zero-order valence-electron chi connectivity index (χ0n) is 16.3. The van der Waals surface area contributed by atoms with Crippen molar-refractivity contribution < 1.29 is 9.59 Å². The Labute approximate surface area is 178 Å². The first kappa shape index (κ1) is 22.9. The summed E-state index contributed by atoms with van der Waals surface area (Å²) in [6.07, 6.45) is 3.27. The topological polar surface area (TPSA) is 64.7 Å². The number of likely N-dealkylation sites (tertiary alicyclic amines) is 1. The van der Waals surface area contributed by atoms with Gasteiger partial charge in [-0.25, -0.2) is 0 Å². The van der Waals surface area contributed by atoms with Crippen molar-refractivity contribution in [2.45, 2.75) is 38.3 Å². The van der Waals surface area contributed by atoms with Crippen molar-refractivity contribution in [3.63, 3.8) is 0 Å². The van der Waals surface area contributed by atoms with Gasteiger partial charge in [-0.3, -0.25) is 14.5 Å². The van der Waals surface area contributed by atoms with Crippen molar-refractivity contribution in [2.75, 3.05) is 39.3 Å². The molecule has 2 atom stereocenters. The van der Waals surface area contributed by atoms with E-state index in [1.54, 1.807) is 6.92 Å². The van der Waals surface area contributed by atoms with Gasteiger partial charge in [-0.15, -0.1) is 12.4 Å². The van der Waals surface area contributed by atoms with Gasteiger partial charge in [0.1, 0.15) is 6.04 Å². The predicted molar refractivity (Wildman–Crippen MR) is 114 cm³/mol. The normalized spacial score (nSPS) is 21.5. The van der Waals surface area contributed by atoms with Crippen LogP contribution in [0.15, 0.2) is 24.3 Å². The molecule has 6 nitrogen and oxygen atoms in total. The van der Waals surface area contributed by atoms with Crippen LogP contribution in [0.4, 0.5) is 0 Å². The molecule has 2 aliphatic rings. The summed E-state index contributed by atoms with van der Waals surface area (Å²) in [6, 6.07) is 7.32. The van der Waals surface area contributed by atoms with E-state index in [1.165, 1.54) is 6.42 Å². The molecule has 0 spiro atoms. The summed E-state index contributed by atoms with van der Waals surface area (Å²) >= 11 is 6.37. The minimum atomic E-state index is -0.489. The fourth-order valence-corrected chi connectivity index (χ4v) is 4.17.